The minimum atomic E-state index is -0.239. The van der Waals surface area contributed by atoms with Crippen molar-refractivity contribution in [2.45, 2.75) is 13.3 Å². The van der Waals surface area contributed by atoms with Crippen LogP contribution in [0, 0.1) is 0 Å². The van der Waals surface area contributed by atoms with Crippen LogP contribution < -0.4 is 0 Å². The zero-order valence-electron chi connectivity index (χ0n) is 5.83. The van der Waals surface area contributed by atoms with E-state index in [1.165, 1.54) is 0 Å². The van der Waals surface area contributed by atoms with E-state index in [9.17, 15) is 9.59 Å². The third kappa shape index (κ3) is 5.62. The van der Waals surface area contributed by atoms with Gasteiger partial charge in [-0.3, -0.25) is 9.59 Å². The van der Waals surface area contributed by atoms with Gasteiger partial charge in [-0.15, -0.1) is 0 Å². The maximum absolute atomic E-state index is 10.6. The molecule has 0 fully saturated rings. The predicted molar refractivity (Wildman–Crippen MR) is 40.5 cm³/mol. The van der Waals surface area contributed by atoms with E-state index in [4.69, 9.17) is 0 Å². The lowest BCUT2D eigenvalue weighted by molar-refractivity contribution is -0.142. The summed E-state index contributed by atoms with van der Waals surface area (Å²) >= 11 is 1.08. The lowest BCUT2D eigenvalue weighted by Gasteiger charge is -1.97. The molecule has 0 spiro atoms. The summed E-state index contributed by atoms with van der Waals surface area (Å²) in [6.07, 6.45) is 0.317. The molecule has 0 aromatic rings. The Morgan fingerprint density at radius 3 is 2.90 bits per heavy atom. The number of thioether (sulfide) groups is 1. The zero-order valence-corrected chi connectivity index (χ0v) is 6.65. The lowest BCUT2D eigenvalue weighted by Crippen LogP contribution is -2.04. The van der Waals surface area contributed by atoms with Gasteiger partial charge < -0.3 is 4.74 Å². The second-order valence-corrected chi connectivity index (χ2v) is 2.46. The Labute approximate surface area is 64.1 Å². The van der Waals surface area contributed by atoms with Gasteiger partial charge in [-0.05, 0) is 6.92 Å². The van der Waals surface area contributed by atoms with Gasteiger partial charge in [0.1, 0.15) is 0 Å². The molecule has 0 aromatic heterocycles. The molecule has 0 amide bonds. The molecule has 0 bridgehead atoms. The highest BCUT2D eigenvalue weighted by Gasteiger charge is 1.99. The van der Waals surface area contributed by atoms with Gasteiger partial charge in [-0.2, -0.15) is 0 Å². The van der Waals surface area contributed by atoms with Crippen LogP contribution in [0.4, 0.5) is 0 Å². The number of rotatable bonds is 5. The standard InChI is InChI=1S/C6H10O3S/c1-2-9-6(8)3-4-10-5-7/h5H,2-4H2,1H3. The first-order valence-electron chi connectivity index (χ1n) is 3.02. The first-order valence-corrected chi connectivity index (χ1v) is 4.07. The van der Waals surface area contributed by atoms with Crippen molar-refractivity contribution in [3.05, 3.63) is 0 Å². The largest absolute Gasteiger partial charge is 0.466 e. The first kappa shape index (κ1) is 9.49. The van der Waals surface area contributed by atoms with Crippen LogP contribution in [0.2, 0.25) is 0 Å². The fourth-order valence-corrected chi connectivity index (χ4v) is 0.804. The average Bonchev–Trinajstić information content (AvgIpc) is 1.89. The SMILES string of the molecule is CCOC(=O)CCSC=O. The van der Waals surface area contributed by atoms with Crippen LogP contribution in [-0.4, -0.2) is 23.9 Å². The highest BCUT2D eigenvalue weighted by atomic mass is 32.2. The van der Waals surface area contributed by atoms with E-state index in [0.29, 0.717) is 18.8 Å². The molecule has 0 rings (SSSR count). The Morgan fingerprint density at radius 1 is 1.70 bits per heavy atom. The molecular weight excluding hydrogens is 152 g/mol. The van der Waals surface area contributed by atoms with Crippen molar-refractivity contribution in [2.75, 3.05) is 12.4 Å². The Hall–Kier alpha value is -0.510. The topological polar surface area (TPSA) is 43.4 Å². The Kier molecular flexibility index (Phi) is 6.27. The van der Waals surface area contributed by atoms with Crippen LogP contribution in [0.3, 0.4) is 0 Å². The van der Waals surface area contributed by atoms with Crippen molar-refractivity contribution in [2.24, 2.45) is 0 Å². The van der Waals surface area contributed by atoms with Crippen molar-refractivity contribution in [1.29, 1.82) is 0 Å². The van der Waals surface area contributed by atoms with Gasteiger partial charge in [0.05, 0.1) is 13.0 Å². The van der Waals surface area contributed by atoms with E-state index in [1.807, 2.05) is 0 Å². The predicted octanol–water partition coefficient (Wildman–Crippen LogP) is 0.863. The quantitative estimate of drug-likeness (QED) is 0.341. The molecule has 0 aliphatic carbocycles. The maximum Gasteiger partial charge on any atom is 0.306 e. The van der Waals surface area contributed by atoms with Crippen molar-refractivity contribution in [3.8, 4) is 0 Å². The van der Waals surface area contributed by atoms with Crippen LogP contribution in [-0.2, 0) is 14.3 Å². The minimum absolute atomic E-state index is 0.239. The molecule has 10 heavy (non-hydrogen) atoms. The van der Waals surface area contributed by atoms with Gasteiger partial charge in [0.15, 0.2) is 5.62 Å². The summed E-state index contributed by atoms with van der Waals surface area (Å²) in [5.41, 5.74) is 0.721. The summed E-state index contributed by atoms with van der Waals surface area (Å²) in [5.74, 6) is 0.277. The van der Waals surface area contributed by atoms with Gasteiger partial charge in [-0.1, -0.05) is 11.8 Å². The second kappa shape index (κ2) is 6.61. The molecule has 0 radical (unpaired) electrons. The first-order chi connectivity index (χ1) is 4.81. The highest BCUT2D eigenvalue weighted by molar-refractivity contribution is 8.11. The van der Waals surface area contributed by atoms with Crippen molar-refractivity contribution in [3.63, 3.8) is 0 Å². The summed E-state index contributed by atoms with van der Waals surface area (Å²) in [7, 11) is 0. The van der Waals surface area contributed by atoms with E-state index in [-0.39, 0.29) is 5.97 Å². The highest BCUT2D eigenvalue weighted by Crippen LogP contribution is 1.97. The molecule has 0 N–H and O–H groups in total. The molecule has 0 aliphatic heterocycles. The zero-order chi connectivity index (χ0) is 7.82. The normalized spacial score (nSPS) is 8.90. The van der Waals surface area contributed by atoms with E-state index in [1.54, 1.807) is 6.92 Å². The molecule has 0 aromatic carbocycles. The third-order valence-electron chi connectivity index (χ3n) is 0.797. The molecular formula is C6H10O3S. The summed E-state index contributed by atoms with van der Waals surface area (Å²) in [4.78, 5) is 20.3. The average molecular weight is 162 g/mol. The fourth-order valence-electron chi connectivity index (χ4n) is 0.424. The molecule has 0 saturated carbocycles. The minimum Gasteiger partial charge on any atom is -0.466 e. The second-order valence-electron chi connectivity index (χ2n) is 1.52. The van der Waals surface area contributed by atoms with Crippen LogP contribution in [0.15, 0.2) is 0 Å². The summed E-state index contributed by atoms with van der Waals surface area (Å²) < 4.78 is 4.62. The van der Waals surface area contributed by atoms with Gasteiger partial charge in [0, 0.05) is 5.75 Å². The number of esters is 1. The van der Waals surface area contributed by atoms with E-state index < -0.39 is 0 Å². The smallest absolute Gasteiger partial charge is 0.306 e. The summed E-state index contributed by atoms with van der Waals surface area (Å²) in [6.45, 7) is 2.16. The molecule has 0 atom stereocenters. The van der Waals surface area contributed by atoms with E-state index in [0.717, 1.165) is 17.4 Å². The van der Waals surface area contributed by atoms with Crippen molar-refractivity contribution < 1.29 is 14.3 Å². The van der Waals surface area contributed by atoms with Crippen LogP contribution in [0.5, 0.6) is 0 Å². The van der Waals surface area contributed by atoms with Gasteiger partial charge >= 0.3 is 5.97 Å². The van der Waals surface area contributed by atoms with Gasteiger partial charge in [-0.25, -0.2) is 0 Å². The number of carbonyl (C=O) groups is 2. The van der Waals surface area contributed by atoms with E-state index >= 15 is 0 Å². The van der Waals surface area contributed by atoms with Crippen LogP contribution in [0.25, 0.3) is 0 Å². The molecule has 0 heterocycles. The molecule has 58 valence electrons. The molecule has 0 saturated heterocycles. The number of ether oxygens (including phenoxy) is 1. The summed E-state index contributed by atoms with van der Waals surface area (Å²) in [5, 5.41) is 0. The molecule has 3 nitrogen and oxygen atoms in total. The van der Waals surface area contributed by atoms with Crippen molar-refractivity contribution in [1.82, 2.24) is 0 Å². The Morgan fingerprint density at radius 2 is 2.40 bits per heavy atom. The Bertz CT molecular complexity index is 114. The van der Waals surface area contributed by atoms with E-state index in [2.05, 4.69) is 4.74 Å². The van der Waals surface area contributed by atoms with Gasteiger partial charge in [0.2, 0.25) is 0 Å². The van der Waals surface area contributed by atoms with Crippen LogP contribution in [0.1, 0.15) is 13.3 Å². The Balaban J connectivity index is 3.13. The monoisotopic (exact) mass is 162 g/mol. The number of hydrogen-bond donors (Lipinski definition) is 0. The van der Waals surface area contributed by atoms with Gasteiger partial charge in [0.25, 0.3) is 0 Å². The maximum atomic E-state index is 10.6. The number of carbonyl (C=O) groups excluding carboxylic acids is 2. The molecule has 0 aliphatic rings. The third-order valence-corrected chi connectivity index (χ3v) is 1.37. The number of hydrogen-bond acceptors (Lipinski definition) is 4. The van der Waals surface area contributed by atoms with Crippen LogP contribution >= 0.6 is 11.8 Å². The fraction of sp³-hybridized carbons (Fsp3) is 0.667. The lowest BCUT2D eigenvalue weighted by atomic mass is 10.5. The molecule has 4 heteroatoms. The summed E-state index contributed by atoms with van der Waals surface area (Å²) in [6, 6.07) is 0. The molecule has 0 unspecified atom stereocenters. The van der Waals surface area contributed by atoms with Crippen molar-refractivity contribution >= 4 is 23.3 Å².